The molecule has 0 aliphatic rings. The highest BCUT2D eigenvalue weighted by molar-refractivity contribution is 6.02. The Bertz CT molecular complexity index is 1300. The van der Waals surface area contributed by atoms with Gasteiger partial charge in [-0.25, -0.2) is 0 Å². The minimum Gasteiger partial charge on any atom is -0.485 e. The monoisotopic (exact) mass is 455 g/mol. The normalized spacial score (nSPS) is 10.8. The minimum absolute atomic E-state index is 0.225. The quantitative estimate of drug-likeness (QED) is 0.314. The van der Waals surface area contributed by atoms with E-state index < -0.39 is 0 Å². The van der Waals surface area contributed by atoms with Gasteiger partial charge < -0.3 is 14.5 Å². The molecular formula is C28H29N3O3. The summed E-state index contributed by atoms with van der Waals surface area (Å²) >= 11 is 0. The number of hydrogen-bond donors (Lipinski definition) is 1. The predicted octanol–water partition coefficient (Wildman–Crippen LogP) is 6.01. The Morgan fingerprint density at radius 3 is 2.62 bits per heavy atom. The number of aromatic nitrogens is 2. The van der Waals surface area contributed by atoms with Crippen LogP contribution in [0.5, 0.6) is 5.75 Å². The Kier molecular flexibility index (Phi) is 6.97. The molecule has 0 aliphatic heterocycles. The molecular weight excluding hydrogens is 426 g/mol. The van der Waals surface area contributed by atoms with Gasteiger partial charge in [0.1, 0.15) is 18.1 Å². The van der Waals surface area contributed by atoms with Crippen LogP contribution in [0.2, 0.25) is 0 Å². The van der Waals surface area contributed by atoms with Gasteiger partial charge in [-0.05, 0) is 56.5 Å². The number of nitrogens with one attached hydrogen (secondary N) is 1. The van der Waals surface area contributed by atoms with E-state index in [1.807, 2.05) is 48.9 Å². The second kappa shape index (κ2) is 10.3. The topological polar surface area (TPSA) is 69.3 Å². The number of carbonyl (C=O) groups excluding carboxylic acids is 1. The van der Waals surface area contributed by atoms with Crippen molar-refractivity contribution in [2.24, 2.45) is 0 Å². The Balaban J connectivity index is 1.41. The van der Waals surface area contributed by atoms with Crippen LogP contribution >= 0.6 is 0 Å². The standard InChI is InChI=1S/C28H29N3O3/c1-5-8-23-9-6-7-10-25(23)33-18-24-15-16-26(34-24)28(32)29-27-20(3)30-31(21(27)4)17-22-13-11-19(2)12-14-22/h5-7,9-16H,1,8,17-18H2,2-4H3,(H,29,32). The molecule has 0 fully saturated rings. The van der Waals surface area contributed by atoms with Crippen molar-refractivity contribution in [3.63, 3.8) is 0 Å². The zero-order valence-corrected chi connectivity index (χ0v) is 19.8. The van der Waals surface area contributed by atoms with Gasteiger partial charge in [-0.15, -0.1) is 6.58 Å². The number of para-hydroxylation sites is 1. The van der Waals surface area contributed by atoms with E-state index in [0.717, 1.165) is 34.7 Å². The molecule has 4 aromatic rings. The van der Waals surface area contributed by atoms with Crippen molar-refractivity contribution in [3.05, 3.63) is 113 Å². The molecule has 0 spiro atoms. The summed E-state index contributed by atoms with van der Waals surface area (Å²) < 4.78 is 13.6. The third kappa shape index (κ3) is 5.29. The summed E-state index contributed by atoms with van der Waals surface area (Å²) in [5, 5.41) is 7.57. The summed E-state index contributed by atoms with van der Waals surface area (Å²) in [7, 11) is 0. The van der Waals surface area contributed by atoms with E-state index in [-0.39, 0.29) is 18.3 Å². The number of ether oxygens (including phenoxy) is 1. The number of benzene rings is 2. The van der Waals surface area contributed by atoms with Crippen LogP contribution in [0.1, 0.15) is 44.4 Å². The molecule has 1 N–H and O–H groups in total. The van der Waals surface area contributed by atoms with Gasteiger partial charge in [0.05, 0.1) is 23.6 Å². The second-order valence-electron chi connectivity index (χ2n) is 8.30. The SMILES string of the molecule is C=CCc1ccccc1OCc1ccc(C(=O)Nc2c(C)nn(Cc3ccc(C)cc3)c2C)o1. The minimum atomic E-state index is -0.320. The lowest BCUT2D eigenvalue weighted by molar-refractivity contribution is 0.0992. The van der Waals surface area contributed by atoms with Crippen LogP contribution in [-0.4, -0.2) is 15.7 Å². The number of allylic oxidation sites excluding steroid dienone is 1. The Morgan fingerprint density at radius 1 is 1.09 bits per heavy atom. The van der Waals surface area contributed by atoms with E-state index in [2.05, 4.69) is 48.2 Å². The van der Waals surface area contributed by atoms with Gasteiger partial charge in [0, 0.05) is 0 Å². The lowest BCUT2D eigenvalue weighted by Crippen LogP contribution is -2.12. The number of hydrogen-bond acceptors (Lipinski definition) is 4. The summed E-state index contributed by atoms with van der Waals surface area (Å²) in [6, 6.07) is 19.6. The number of aryl methyl sites for hydroxylation is 2. The maximum absolute atomic E-state index is 12.9. The Morgan fingerprint density at radius 2 is 1.85 bits per heavy atom. The molecule has 34 heavy (non-hydrogen) atoms. The highest BCUT2D eigenvalue weighted by atomic mass is 16.5. The van der Waals surface area contributed by atoms with E-state index in [9.17, 15) is 4.79 Å². The summed E-state index contributed by atoms with van der Waals surface area (Å²) in [4.78, 5) is 12.9. The van der Waals surface area contributed by atoms with Gasteiger partial charge in [-0.1, -0.05) is 54.1 Å². The number of nitrogens with zero attached hydrogens (tertiary/aromatic N) is 2. The van der Waals surface area contributed by atoms with E-state index in [1.54, 1.807) is 12.1 Å². The third-order valence-corrected chi connectivity index (χ3v) is 5.67. The maximum atomic E-state index is 12.9. The molecule has 0 radical (unpaired) electrons. The van der Waals surface area contributed by atoms with Gasteiger partial charge in [-0.2, -0.15) is 5.10 Å². The highest BCUT2D eigenvalue weighted by Gasteiger charge is 2.18. The first-order chi connectivity index (χ1) is 16.4. The molecule has 0 aliphatic carbocycles. The summed E-state index contributed by atoms with van der Waals surface area (Å²) in [6.07, 6.45) is 2.56. The fraction of sp³-hybridized carbons (Fsp3) is 0.214. The highest BCUT2D eigenvalue weighted by Crippen LogP contribution is 2.23. The lowest BCUT2D eigenvalue weighted by Gasteiger charge is -2.09. The molecule has 4 rings (SSSR count). The molecule has 0 saturated heterocycles. The van der Waals surface area contributed by atoms with Crippen molar-refractivity contribution in [2.45, 2.75) is 40.3 Å². The van der Waals surface area contributed by atoms with E-state index in [0.29, 0.717) is 18.0 Å². The summed E-state index contributed by atoms with van der Waals surface area (Å²) in [5.41, 5.74) is 5.77. The van der Waals surface area contributed by atoms with Gasteiger partial charge in [0.25, 0.3) is 5.91 Å². The summed E-state index contributed by atoms with van der Waals surface area (Å²) in [5.74, 6) is 1.25. The van der Waals surface area contributed by atoms with Crippen LogP contribution < -0.4 is 10.1 Å². The number of carbonyl (C=O) groups is 1. The maximum Gasteiger partial charge on any atom is 0.291 e. The van der Waals surface area contributed by atoms with Crippen LogP contribution in [0.3, 0.4) is 0 Å². The smallest absolute Gasteiger partial charge is 0.291 e. The van der Waals surface area contributed by atoms with Gasteiger partial charge in [-0.3, -0.25) is 9.48 Å². The lowest BCUT2D eigenvalue weighted by atomic mass is 10.1. The first kappa shape index (κ1) is 23.1. The molecule has 2 heterocycles. The molecule has 6 nitrogen and oxygen atoms in total. The van der Waals surface area contributed by atoms with Crippen LogP contribution in [0, 0.1) is 20.8 Å². The number of amides is 1. The molecule has 0 saturated carbocycles. The molecule has 0 atom stereocenters. The van der Waals surface area contributed by atoms with E-state index in [1.165, 1.54) is 5.56 Å². The Labute approximate surface area is 199 Å². The molecule has 174 valence electrons. The first-order valence-electron chi connectivity index (χ1n) is 11.3. The molecule has 2 aromatic carbocycles. The van der Waals surface area contributed by atoms with Crippen LogP contribution in [0.15, 0.2) is 77.7 Å². The molecule has 2 aromatic heterocycles. The zero-order valence-electron chi connectivity index (χ0n) is 19.8. The van der Waals surface area contributed by atoms with E-state index in [4.69, 9.17) is 9.15 Å². The average molecular weight is 456 g/mol. The van der Waals surface area contributed by atoms with Crippen molar-refractivity contribution in [3.8, 4) is 5.75 Å². The number of furan rings is 1. The average Bonchev–Trinajstić information content (AvgIpc) is 3.41. The molecule has 0 bridgehead atoms. The van der Waals surface area contributed by atoms with Crippen LogP contribution in [-0.2, 0) is 19.6 Å². The van der Waals surface area contributed by atoms with Gasteiger partial charge in [0.15, 0.2) is 5.76 Å². The van der Waals surface area contributed by atoms with Crippen molar-refractivity contribution >= 4 is 11.6 Å². The predicted molar refractivity (Wildman–Crippen MR) is 133 cm³/mol. The van der Waals surface area contributed by atoms with Crippen LogP contribution in [0.25, 0.3) is 0 Å². The molecule has 0 unspecified atom stereocenters. The fourth-order valence-corrected chi connectivity index (χ4v) is 3.77. The Hall–Kier alpha value is -4.06. The third-order valence-electron chi connectivity index (χ3n) is 5.67. The van der Waals surface area contributed by atoms with Crippen molar-refractivity contribution in [2.75, 3.05) is 5.32 Å². The van der Waals surface area contributed by atoms with Gasteiger partial charge >= 0.3 is 0 Å². The van der Waals surface area contributed by atoms with E-state index >= 15 is 0 Å². The first-order valence-corrected chi connectivity index (χ1v) is 11.3. The fourth-order valence-electron chi connectivity index (χ4n) is 3.77. The number of anilines is 1. The van der Waals surface area contributed by atoms with Crippen LogP contribution in [0.4, 0.5) is 5.69 Å². The zero-order chi connectivity index (χ0) is 24.1. The largest absolute Gasteiger partial charge is 0.485 e. The summed E-state index contributed by atoms with van der Waals surface area (Å²) in [6.45, 7) is 10.6. The van der Waals surface area contributed by atoms with Crippen molar-refractivity contribution < 1.29 is 13.9 Å². The molecule has 1 amide bonds. The number of rotatable bonds is 9. The van der Waals surface area contributed by atoms with Crippen molar-refractivity contribution in [1.82, 2.24) is 9.78 Å². The van der Waals surface area contributed by atoms with Gasteiger partial charge in [0.2, 0.25) is 0 Å². The second-order valence-corrected chi connectivity index (χ2v) is 8.30. The van der Waals surface area contributed by atoms with Crippen molar-refractivity contribution in [1.29, 1.82) is 0 Å². The molecule has 6 heteroatoms.